The van der Waals surface area contributed by atoms with Crippen LogP contribution in [0.1, 0.15) is 13.8 Å². The maximum atomic E-state index is 3.95. The van der Waals surface area contributed by atoms with E-state index in [4.69, 9.17) is 0 Å². The van der Waals surface area contributed by atoms with Gasteiger partial charge in [-0.2, -0.15) is 0 Å². The van der Waals surface area contributed by atoms with Crippen LogP contribution in [0.4, 0.5) is 0 Å². The third-order valence-electron chi connectivity index (χ3n) is 0.931. The third kappa shape index (κ3) is 1.09. The summed E-state index contributed by atoms with van der Waals surface area (Å²) in [6, 6.07) is 1.10. The van der Waals surface area contributed by atoms with Crippen molar-refractivity contribution in [3.8, 4) is 0 Å². The van der Waals surface area contributed by atoms with Crippen LogP contribution < -0.4 is 5.32 Å². The topological polar surface area (TPSA) is 24.4 Å². The quantitative estimate of drug-likeness (QED) is 0.494. The lowest BCUT2D eigenvalue weighted by Gasteiger charge is -2.11. The van der Waals surface area contributed by atoms with Crippen molar-refractivity contribution in [2.45, 2.75) is 13.8 Å². The summed E-state index contributed by atoms with van der Waals surface area (Å²) in [6.45, 7) is 3.97. The molecule has 1 heterocycles. The molecular formula is C6H9N2. The molecule has 1 aliphatic heterocycles. The van der Waals surface area contributed by atoms with Crippen molar-refractivity contribution in [1.82, 2.24) is 5.32 Å². The van der Waals surface area contributed by atoms with Gasteiger partial charge in [0.1, 0.15) is 0 Å². The highest BCUT2D eigenvalue weighted by atomic mass is 15.0. The van der Waals surface area contributed by atoms with Crippen LogP contribution in [0.5, 0.6) is 0 Å². The summed E-state index contributed by atoms with van der Waals surface area (Å²) in [6.07, 6.45) is 3.60. The van der Waals surface area contributed by atoms with E-state index < -0.39 is 0 Å². The molecule has 0 saturated heterocycles. The summed E-state index contributed by atoms with van der Waals surface area (Å²) in [5.41, 5.74) is 1.10. The van der Waals surface area contributed by atoms with Crippen LogP contribution in [0.25, 0.3) is 0 Å². The Kier molecular flexibility index (Phi) is 1.33. The average Bonchev–Trinajstić information content (AvgIpc) is 1.64. The van der Waals surface area contributed by atoms with E-state index in [9.17, 15) is 0 Å². The molecule has 1 aliphatic rings. The van der Waals surface area contributed by atoms with Crippen molar-refractivity contribution < 1.29 is 0 Å². The van der Waals surface area contributed by atoms with E-state index >= 15 is 0 Å². The van der Waals surface area contributed by atoms with Crippen molar-refractivity contribution in [3.63, 3.8) is 0 Å². The van der Waals surface area contributed by atoms with Crippen molar-refractivity contribution in [1.29, 1.82) is 0 Å². The largest absolute Gasteiger partial charge is 0.375 e. The van der Waals surface area contributed by atoms with E-state index in [1.54, 1.807) is 12.4 Å². The molecule has 0 fully saturated rings. The fourth-order valence-electron chi connectivity index (χ4n) is 0.636. The Morgan fingerprint density at radius 3 is 2.62 bits per heavy atom. The SMILES string of the molecule is C[C]1C=NC=C(C)N1. The number of aliphatic imine (C=N–C) groups is 1. The number of rotatable bonds is 0. The minimum Gasteiger partial charge on any atom is -0.375 e. The van der Waals surface area contributed by atoms with Gasteiger partial charge in [-0.3, -0.25) is 4.99 Å². The van der Waals surface area contributed by atoms with Gasteiger partial charge in [-0.15, -0.1) is 0 Å². The second kappa shape index (κ2) is 1.99. The molecule has 1 N–H and O–H groups in total. The summed E-state index contributed by atoms with van der Waals surface area (Å²) in [4.78, 5) is 3.95. The standard InChI is InChI=1S/C6H9N2/c1-5-3-7-4-6(2)8-5/h3-4,8H,1-2H3. The maximum absolute atomic E-state index is 3.95. The lowest BCUT2D eigenvalue weighted by Crippen LogP contribution is -2.19. The number of hydrogen-bond acceptors (Lipinski definition) is 2. The van der Waals surface area contributed by atoms with Crippen molar-refractivity contribution >= 4 is 6.21 Å². The van der Waals surface area contributed by atoms with Crippen LogP contribution in [0.3, 0.4) is 0 Å². The molecule has 0 aromatic rings. The molecule has 1 radical (unpaired) electrons. The summed E-state index contributed by atoms with van der Waals surface area (Å²) >= 11 is 0. The van der Waals surface area contributed by atoms with E-state index in [2.05, 4.69) is 10.3 Å². The van der Waals surface area contributed by atoms with E-state index in [0.29, 0.717) is 0 Å². The van der Waals surface area contributed by atoms with Crippen molar-refractivity contribution in [2.75, 3.05) is 0 Å². The molecule has 0 aromatic heterocycles. The molecular weight excluding hydrogens is 100 g/mol. The molecule has 1 rings (SSSR count). The van der Waals surface area contributed by atoms with Crippen molar-refractivity contribution in [3.05, 3.63) is 17.9 Å². The van der Waals surface area contributed by atoms with E-state index in [-0.39, 0.29) is 0 Å². The van der Waals surface area contributed by atoms with E-state index in [1.165, 1.54) is 0 Å². The first-order valence-electron chi connectivity index (χ1n) is 2.59. The molecule has 8 heavy (non-hydrogen) atoms. The van der Waals surface area contributed by atoms with Crippen LogP contribution in [0.2, 0.25) is 0 Å². The van der Waals surface area contributed by atoms with Crippen LogP contribution in [0, 0.1) is 6.04 Å². The predicted molar refractivity (Wildman–Crippen MR) is 34.3 cm³/mol. The average molecular weight is 109 g/mol. The first-order valence-corrected chi connectivity index (χ1v) is 2.59. The summed E-state index contributed by atoms with van der Waals surface area (Å²) in [7, 11) is 0. The zero-order chi connectivity index (χ0) is 5.98. The molecule has 0 unspecified atom stereocenters. The van der Waals surface area contributed by atoms with Crippen molar-refractivity contribution in [2.24, 2.45) is 4.99 Å². The zero-order valence-electron chi connectivity index (χ0n) is 5.10. The van der Waals surface area contributed by atoms with Crippen LogP contribution in [0.15, 0.2) is 16.9 Å². The third-order valence-corrected chi connectivity index (χ3v) is 0.931. The minimum absolute atomic E-state index is 1.10. The van der Waals surface area contributed by atoms with Gasteiger partial charge in [-0.1, -0.05) is 0 Å². The number of hydrogen-bond donors (Lipinski definition) is 1. The van der Waals surface area contributed by atoms with Gasteiger partial charge in [0.25, 0.3) is 0 Å². The second-order valence-electron chi connectivity index (χ2n) is 1.90. The van der Waals surface area contributed by atoms with Crippen LogP contribution in [-0.4, -0.2) is 6.21 Å². The highest BCUT2D eigenvalue weighted by Gasteiger charge is 1.99. The molecule has 43 valence electrons. The summed E-state index contributed by atoms with van der Waals surface area (Å²) in [5.74, 6) is 0. The zero-order valence-corrected chi connectivity index (χ0v) is 5.10. The van der Waals surface area contributed by atoms with Gasteiger partial charge in [0, 0.05) is 18.1 Å². The number of nitrogens with zero attached hydrogens (tertiary/aromatic N) is 1. The van der Waals surface area contributed by atoms with Gasteiger partial charge in [0.15, 0.2) is 0 Å². The molecule has 0 aromatic carbocycles. The molecule has 2 nitrogen and oxygen atoms in total. The Morgan fingerprint density at radius 1 is 1.50 bits per heavy atom. The molecule has 0 saturated carbocycles. The molecule has 0 spiro atoms. The van der Waals surface area contributed by atoms with E-state index in [0.717, 1.165) is 11.7 Å². The van der Waals surface area contributed by atoms with Gasteiger partial charge in [-0.25, -0.2) is 0 Å². The monoisotopic (exact) mass is 109 g/mol. The molecule has 0 bridgehead atoms. The predicted octanol–water partition coefficient (Wildman–Crippen LogP) is 1.07. The summed E-state index contributed by atoms with van der Waals surface area (Å²) < 4.78 is 0. The van der Waals surface area contributed by atoms with Gasteiger partial charge in [0.2, 0.25) is 0 Å². The fraction of sp³-hybridized carbons (Fsp3) is 0.333. The second-order valence-corrected chi connectivity index (χ2v) is 1.90. The summed E-state index contributed by atoms with van der Waals surface area (Å²) in [5, 5.41) is 3.11. The van der Waals surface area contributed by atoms with E-state index in [1.807, 2.05) is 13.8 Å². The Labute approximate surface area is 49.3 Å². The highest BCUT2D eigenvalue weighted by molar-refractivity contribution is 5.74. The fourth-order valence-corrected chi connectivity index (χ4v) is 0.636. The Balaban J connectivity index is 2.59. The Hall–Kier alpha value is -0.790. The lowest BCUT2D eigenvalue weighted by atomic mass is 10.3. The number of allylic oxidation sites excluding steroid dienone is 1. The Morgan fingerprint density at radius 2 is 2.25 bits per heavy atom. The highest BCUT2D eigenvalue weighted by Crippen LogP contribution is 2.00. The molecule has 2 heteroatoms. The smallest absolute Gasteiger partial charge is 0.0976 e. The first-order chi connectivity index (χ1) is 3.79. The van der Waals surface area contributed by atoms with Gasteiger partial charge < -0.3 is 5.32 Å². The number of nitrogens with one attached hydrogen (secondary N) is 1. The molecule has 0 amide bonds. The van der Waals surface area contributed by atoms with Gasteiger partial charge in [-0.05, 0) is 13.8 Å². The lowest BCUT2D eigenvalue weighted by molar-refractivity contribution is 0.886. The minimum atomic E-state index is 1.10. The normalized spacial score (nSPS) is 20.0. The van der Waals surface area contributed by atoms with Crippen LogP contribution in [-0.2, 0) is 0 Å². The maximum Gasteiger partial charge on any atom is 0.0976 e. The molecule has 0 atom stereocenters. The van der Waals surface area contributed by atoms with Gasteiger partial charge in [0.05, 0.1) is 6.04 Å². The first kappa shape index (κ1) is 5.35. The Bertz CT molecular complexity index is 135. The van der Waals surface area contributed by atoms with Gasteiger partial charge >= 0.3 is 0 Å². The molecule has 0 aliphatic carbocycles. The van der Waals surface area contributed by atoms with Crippen LogP contribution >= 0.6 is 0 Å².